The fraction of sp³-hybridized carbons (Fsp3) is 0.200. The van der Waals surface area contributed by atoms with Gasteiger partial charge in [0.2, 0.25) is 11.6 Å². The lowest BCUT2D eigenvalue weighted by Crippen LogP contribution is -2.28. The van der Waals surface area contributed by atoms with Gasteiger partial charge in [-0.25, -0.2) is 43.9 Å². The minimum Gasteiger partial charge on any atom is -0.298 e. The Morgan fingerprint density at radius 2 is 0.615 bits per heavy atom. The second kappa shape index (κ2) is 6.78. The summed E-state index contributed by atoms with van der Waals surface area (Å²) >= 11 is 0. The van der Waals surface area contributed by atoms with Crippen molar-refractivity contribution in [1.82, 2.24) is 4.90 Å². The van der Waals surface area contributed by atoms with E-state index in [1.807, 2.05) is 0 Å². The van der Waals surface area contributed by atoms with Crippen LogP contribution in [0.1, 0.15) is 17.2 Å². The zero-order chi connectivity index (χ0) is 20.1. The van der Waals surface area contributed by atoms with Crippen LogP contribution in [-0.2, 0) is 0 Å². The van der Waals surface area contributed by atoms with E-state index in [4.69, 9.17) is 0 Å². The van der Waals surface area contributed by atoms with Crippen molar-refractivity contribution in [3.05, 3.63) is 69.3 Å². The van der Waals surface area contributed by atoms with Crippen molar-refractivity contribution in [2.45, 2.75) is 6.04 Å². The number of hydrogen-bond acceptors (Lipinski definition) is 1. The summed E-state index contributed by atoms with van der Waals surface area (Å²) in [7, 11) is 1.75. The Bertz CT molecular complexity index is 765. The van der Waals surface area contributed by atoms with Crippen LogP contribution in [0.3, 0.4) is 0 Å². The quantitative estimate of drug-likeness (QED) is 0.416. The zero-order valence-corrected chi connectivity index (χ0v) is 12.8. The molecule has 0 bridgehead atoms. The van der Waals surface area contributed by atoms with Gasteiger partial charge >= 0.3 is 0 Å². The summed E-state index contributed by atoms with van der Waals surface area (Å²) in [5.41, 5.74) is -3.54. The topological polar surface area (TPSA) is 3.24 Å². The van der Waals surface area contributed by atoms with E-state index in [2.05, 4.69) is 0 Å². The lowest BCUT2D eigenvalue weighted by molar-refractivity contribution is 0.279. The third-order valence-corrected chi connectivity index (χ3v) is 3.55. The van der Waals surface area contributed by atoms with Crippen LogP contribution in [0.4, 0.5) is 43.9 Å². The molecule has 142 valence electrons. The van der Waals surface area contributed by atoms with Crippen molar-refractivity contribution < 1.29 is 43.9 Å². The highest BCUT2D eigenvalue weighted by atomic mass is 19.2. The molecular weight excluding hydrogens is 384 g/mol. The van der Waals surface area contributed by atoms with Crippen LogP contribution in [0.5, 0.6) is 0 Å². The van der Waals surface area contributed by atoms with Crippen LogP contribution in [0.2, 0.25) is 0 Å². The molecule has 0 spiro atoms. The third kappa shape index (κ3) is 2.79. The average Bonchev–Trinajstić information content (AvgIpc) is 2.60. The van der Waals surface area contributed by atoms with Crippen molar-refractivity contribution in [3.63, 3.8) is 0 Å². The minimum absolute atomic E-state index is 0.524. The summed E-state index contributed by atoms with van der Waals surface area (Å²) in [5, 5.41) is 0. The Morgan fingerprint density at radius 1 is 0.423 bits per heavy atom. The molecule has 2 aromatic rings. The molecule has 0 aliphatic rings. The summed E-state index contributed by atoms with van der Waals surface area (Å²) in [6.45, 7) is 0. The molecule has 0 saturated carbocycles. The molecule has 2 rings (SSSR count). The first-order valence-corrected chi connectivity index (χ1v) is 6.62. The average molecular weight is 391 g/mol. The van der Waals surface area contributed by atoms with E-state index in [0.717, 1.165) is 14.1 Å². The van der Waals surface area contributed by atoms with Gasteiger partial charge in [-0.1, -0.05) is 0 Å². The van der Waals surface area contributed by atoms with Gasteiger partial charge in [-0.05, 0) is 14.1 Å². The SMILES string of the molecule is CN(C)C(c1c(F)c(F)c(F)c(F)c1F)c1c(F)c(F)c(F)c(F)c1F. The van der Waals surface area contributed by atoms with E-state index in [1.54, 1.807) is 0 Å². The maximum absolute atomic E-state index is 14.0. The molecule has 2 aromatic carbocycles. The van der Waals surface area contributed by atoms with Crippen LogP contribution in [0.15, 0.2) is 0 Å². The van der Waals surface area contributed by atoms with E-state index in [-0.39, 0.29) is 0 Å². The van der Waals surface area contributed by atoms with Crippen LogP contribution in [0, 0.1) is 58.2 Å². The molecule has 0 saturated heterocycles. The van der Waals surface area contributed by atoms with Crippen molar-refractivity contribution in [1.29, 1.82) is 0 Å². The summed E-state index contributed by atoms with van der Waals surface area (Å²) in [5.74, 6) is -24.7. The highest BCUT2D eigenvalue weighted by Gasteiger charge is 2.38. The van der Waals surface area contributed by atoms with Crippen LogP contribution < -0.4 is 0 Å². The molecule has 0 amide bonds. The molecule has 11 heteroatoms. The standard InChI is InChI=1S/C15H7F10N/c1-26(2)15(3-5(16)9(20)13(24)10(21)6(3)17)4-7(18)11(22)14(25)12(23)8(4)19/h15H,1-2H3. The number of nitrogens with zero attached hydrogens (tertiary/aromatic N) is 1. The maximum Gasteiger partial charge on any atom is 0.200 e. The molecule has 0 atom stereocenters. The molecule has 0 aromatic heterocycles. The maximum atomic E-state index is 14.0. The molecule has 26 heavy (non-hydrogen) atoms. The third-order valence-electron chi connectivity index (χ3n) is 3.55. The van der Waals surface area contributed by atoms with Gasteiger partial charge in [0, 0.05) is 0 Å². The Hall–Kier alpha value is -2.30. The fourth-order valence-corrected chi connectivity index (χ4v) is 2.38. The van der Waals surface area contributed by atoms with Crippen LogP contribution >= 0.6 is 0 Å². The first kappa shape index (κ1) is 20.0. The first-order valence-electron chi connectivity index (χ1n) is 6.62. The van der Waals surface area contributed by atoms with E-state index in [0.29, 0.717) is 4.90 Å². The minimum atomic E-state index is -2.54. The highest BCUT2D eigenvalue weighted by Crippen LogP contribution is 2.38. The monoisotopic (exact) mass is 391 g/mol. The molecular formula is C15H7F10N. The van der Waals surface area contributed by atoms with Gasteiger partial charge in [0.1, 0.15) is 0 Å². The largest absolute Gasteiger partial charge is 0.298 e. The van der Waals surface area contributed by atoms with Crippen LogP contribution in [-0.4, -0.2) is 19.0 Å². The van der Waals surface area contributed by atoms with Gasteiger partial charge in [0.25, 0.3) is 0 Å². The van der Waals surface area contributed by atoms with Crippen LogP contribution in [0.25, 0.3) is 0 Å². The Balaban J connectivity index is 2.96. The predicted octanol–water partition coefficient (Wildman–Crippen LogP) is 4.73. The van der Waals surface area contributed by atoms with Gasteiger partial charge < -0.3 is 0 Å². The van der Waals surface area contributed by atoms with Gasteiger partial charge in [-0.3, -0.25) is 4.90 Å². The normalized spacial score (nSPS) is 11.8. The molecule has 0 aliphatic carbocycles. The molecule has 0 heterocycles. The van der Waals surface area contributed by atoms with E-state index < -0.39 is 75.3 Å². The zero-order valence-electron chi connectivity index (χ0n) is 12.8. The smallest absolute Gasteiger partial charge is 0.200 e. The molecule has 1 nitrogen and oxygen atoms in total. The second-order valence-corrected chi connectivity index (χ2v) is 5.33. The molecule has 0 unspecified atom stereocenters. The van der Waals surface area contributed by atoms with Crippen molar-refractivity contribution in [3.8, 4) is 0 Å². The summed E-state index contributed by atoms with van der Waals surface area (Å²) in [4.78, 5) is 0.524. The van der Waals surface area contributed by atoms with Gasteiger partial charge in [-0.15, -0.1) is 0 Å². The van der Waals surface area contributed by atoms with Gasteiger partial charge in [0.05, 0.1) is 17.2 Å². The van der Waals surface area contributed by atoms with Gasteiger partial charge in [0.15, 0.2) is 46.5 Å². The molecule has 0 fully saturated rings. The Kier molecular flexibility index (Phi) is 5.22. The number of benzene rings is 2. The van der Waals surface area contributed by atoms with E-state index in [1.165, 1.54) is 0 Å². The van der Waals surface area contributed by atoms with Crippen molar-refractivity contribution in [2.24, 2.45) is 0 Å². The Morgan fingerprint density at radius 3 is 0.808 bits per heavy atom. The second-order valence-electron chi connectivity index (χ2n) is 5.33. The predicted molar refractivity (Wildman–Crippen MR) is 68.0 cm³/mol. The van der Waals surface area contributed by atoms with E-state index in [9.17, 15) is 43.9 Å². The first-order chi connectivity index (χ1) is 11.9. The summed E-state index contributed by atoms with van der Waals surface area (Å²) in [6, 6.07) is -2.51. The number of hydrogen-bond donors (Lipinski definition) is 0. The molecule has 0 N–H and O–H groups in total. The number of rotatable bonds is 3. The fourth-order valence-electron chi connectivity index (χ4n) is 2.38. The van der Waals surface area contributed by atoms with Crippen molar-refractivity contribution >= 4 is 0 Å². The Labute approximate surface area is 139 Å². The molecule has 0 radical (unpaired) electrons. The highest BCUT2D eigenvalue weighted by molar-refractivity contribution is 5.38. The lowest BCUT2D eigenvalue weighted by Gasteiger charge is -2.27. The van der Waals surface area contributed by atoms with E-state index >= 15 is 0 Å². The summed E-state index contributed by atoms with van der Waals surface area (Å²) in [6.07, 6.45) is 0. The van der Waals surface area contributed by atoms with Gasteiger partial charge in [-0.2, -0.15) is 0 Å². The van der Waals surface area contributed by atoms with Crippen molar-refractivity contribution in [2.75, 3.05) is 14.1 Å². The summed E-state index contributed by atoms with van der Waals surface area (Å²) < 4.78 is 136. The molecule has 0 aliphatic heterocycles. The number of halogens is 10. The lowest BCUT2D eigenvalue weighted by atomic mass is 9.94.